The van der Waals surface area contributed by atoms with E-state index in [-0.39, 0.29) is 5.56 Å². The predicted molar refractivity (Wildman–Crippen MR) is 54.4 cm³/mol. The molecule has 0 spiro atoms. The first-order valence-electron chi connectivity index (χ1n) is 5.04. The van der Waals surface area contributed by atoms with Crippen LogP contribution in [0.25, 0.3) is 0 Å². The fourth-order valence-corrected chi connectivity index (χ4v) is 1.72. The molecule has 16 heavy (non-hydrogen) atoms. The highest BCUT2D eigenvalue weighted by atomic mass is 16.5. The number of hydrogen-bond acceptors (Lipinski definition) is 4. The van der Waals surface area contributed by atoms with Gasteiger partial charge in [0.2, 0.25) is 0 Å². The van der Waals surface area contributed by atoms with Gasteiger partial charge in [0, 0.05) is 25.3 Å². The van der Waals surface area contributed by atoms with E-state index in [9.17, 15) is 9.59 Å². The van der Waals surface area contributed by atoms with Gasteiger partial charge in [-0.05, 0) is 6.42 Å². The van der Waals surface area contributed by atoms with Crippen LogP contribution in [0, 0.1) is 5.92 Å². The van der Waals surface area contributed by atoms with Crippen molar-refractivity contribution in [3.63, 3.8) is 0 Å². The summed E-state index contributed by atoms with van der Waals surface area (Å²) in [6.45, 7) is 2.05. The van der Waals surface area contributed by atoms with E-state index in [1.165, 1.54) is 12.5 Å². The first-order valence-corrected chi connectivity index (χ1v) is 5.04. The second kappa shape index (κ2) is 4.44. The van der Waals surface area contributed by atoms with Gasteiger partial charge in [-0.2, -0.15) is 4.98 Å². The molecule has 0 bridgehead atoms. The Bertz CT molecular complexity index is 448. The molecule has 1 atom stereocenters. The molecule has 0 aromatic carbocycles. The quantitative estimate of drug-likeness (QED) is 0.780. The fraction of sp³-hybridized carbons (Fsp3) is 0.500. The highest BCUT2D eigenvalue weighted by Crippen LogP contribution is 2.14. The van der Waals surface area contributed by atoms with Gasteiger partial charge < -0.3 is 14.4 Å². The summed E-state index contributed by atoms with van der Waals surface area (Å²) in [6.07, 6.45) is 3.65. The van der Waals surface area contributed by atoms with Crippen molar-refractivity contribution in [1.29, 1.82) is 0 Å². The molecule has 1 aliphatic rings. The van der Waals surface area contributed by atoms with Gasteiger partial charge in [-0.1, -0.05) is 0 Å². The Morgan fingerprint density at radius 2 is 2.50 bits per heavy atom. The molecule has 1 aromatic rings. The van der Waals surface area contributed by atoms with Gasteiger partial charge in [0.05, 0.1) is 12.9 Å². The summed E-state index contributed by atoms with van der Waals surface area (Å²) in [6, 6.07) is 0. The van der Waals surface area contributed by atoms with E-state index in [4.69, 9.17) is 9.84 Å². The topological polar surface area (TPSA) is 81.4 Å². The third kappa shape index (κ3) is 2.27. The number of carboxylic acids is 1. The highest BCUT2D eigenvalue weighted by molar-refractivity contribution is 5.86. The van der Waals surface area contributed by atoms with Gasteiger partial charge in [-0.3, -0.25) is 4.79 Å². The minimum absolute atomic E-state index is 0.290. The molecule has 2 heterocycles. The number of aromatic nitrogens is 2. The number of nitrogens with zero attached hydrogens (tertiary/aromatic N) is 2. The van der Waals surface area contributed by atoms with Gasteiger partial charge in [-0.25, -0.2) is 4.79 Å². The minimum atomic E-state index is -1.24. The smallest absolute Gasteiger partial charge is 0.342 e. The van der Waals surface area contributed by atoms with E-state index in [1.807, 2.05) is 0 Å². The molecule has 6 heteroatoms. The van der Waals surface area contributed by atoms with Crippen LogP contribution < -0.4 is 5.56 Å². The minimum Gasteiger partial charge on any atom is -0.477 e. The maximum Gasteiger partial charge on any atom is 0.342 e. The summed E-state index contributed by atoms with van der Waals surface area (Å²) >= 11 is 0. The summed E-state index contributed by atoms with van der Waals surface area (Å²) < 4.78 is 6.85. The summed E-state index contributed by atoms with van der Waals surface area (Å²) in [5, 5.41) is 8.77. The molecule has 0 radical (unpaired) electrons. The molecule has 1 N–H and O–H groups in total. The third-order valence-corrected chi connectivity index (χ3v) is 2.57. The molecule has 1 unspecified atom stereocenters. The maximum atomic E-state index is 11.1. The molecule has 86 valence electrons. The van der Waals surface area contributed by atoms with Crippen LogP contribution in [-0.2, 0) is 11.3 Å². The van der Waals surface area contributed by atoms with Gasteiger partial charge >= 0.3 is 5.97 Å². The van der Waals surface area contributed by atoms with Crippen molar-refractivity contribution in [2.45, 2.75) is 13.0 Å². The first-order chi connectivity index (χ1) is 7.66. The molecule has 1 fully saturated rings. The van der Waals surface area contributed by atoms with Crippen LogP contribution in [0.2, 0.25) is 0 Å². The van der Waals surface area contributed by atoms with Crippen molar-refractivity contribution in [2.24, 2.45) is 5.92 Å². The standard InChI is InChI=1S/C10H12N2O4/c13-9-8(10(14)15)4-12(6-11-9)3-7-1-2-16-5-7/h4,6-7H,1-3,5H2,(H,14,15). The van der Waals surface area contributed by atoms with Crippen LogP contribution >= 0.6 is 0 Å². The monoisotopic (exact) mass is 224 g/mol. The molecule has 6 nitrogen and oxygen atoms in total. The third-order valence-electron chi connectivity index (χ3n) is 2.57. The van der Waals surface area contributed by atoms with Gasteiger partial charge in [-0.15, -0.1) is 0 Å². The van der Waals surface area contributed by atoms with E-state index in [0.29, 0.717) is 19.1 Å². The largest absolute Gasteiger partial charge is 0.477 e. The Kier molecular flexibility index (Phi) is 3.00. The second-order valence-electron chi connectivity index (χ2n) is 3.82. The summed E-state index contributed by atoms with van der Waals surface area (Å²) in [5.74, 6) is -0.875. The fourth-order valence-electron chi connectivity index (χ4n) is 1.72. The normalized spacial score (nSPS) is 19.9. The van der Waals surface area contributed by atoms with E-state index in [0.717, 1.165) is 13.0 Å². The van der Waals surface area contributed by atoms with Gasteiger partial charge in [0.25, 0.3) is 5.56 Å². The molecule has 1 aromatic heterocycles. The Morgan fingerprint density at radius 3 is 3.12 bits per heavy atom. The van der Waals surface area contributed by atoms with Crippen molar-refractivity contribution >= 4 is 5.97 Å². The lowest BCUT2D eigenvalue weighted by atomic mass is 10.1. The summed E-state index contributed by atoms with van der Waals surface area (Å²) in [7, 11) is 0. The molecular formula is C10H12N2O4. The lowest BCUT2D eigenvalue weighted by Gasteiger charge is -2.10. The SMILES string of the molecule is O=C(O)c1cn(CC2CCOC2)cnc1=O. The average molecular weight is 224 g/mol. The van der Waals surface area contributed by atoms with Crippen molar-refractivity contribution in [2.75, 3.05) is 13.2 Å². The Balaban J connectivity index is 2.18. The van der Waals surface area contributed by atoms with Crippen molar-refractivity contribution in [1.82, 2.24) is 9.55 Å². The van der Waals surface area contributed by atoms with Crippen molar-refractivity contribution in [3.05, 3.63) is 28.4 Å². The Hall–Kier alpha value is -1.69. The van der Waals surface area contributed by atoms with E-state index >= 15 is 0 Å². The van der Waals surface area contributed by atoms with Gasteiger partial charge in [0.1, 0.15) is 5.56 Å². The maximum absolute atomic E-state index is 11.1. The Morgan fingerprint density at radius 1 is 1.69 bits per heavy atom. The molecular weight excluding hydrogens is 212 g/mol. The van der Waals surface area contributed by atoms with Crippen LogP contribution in [0.5, 0.6) is 0 Å². The van der Waals surface area contributed by atoms with Crippen molar-refractivity contribution in [3.8, 4) is 0 Å². The number of aromatic carboxylic acids is 1. The summed E-state index contributed by atoms with van der Waals surface area (Å²) in [5.41, 5.74) is -0.993. The molecule has 0 amide bonds. The van der Waals surface area contributed by atoms with E-state index in [2.05, 4.69) is 4.98 Å². The number of hydrogen-bond donors (Lipinski definition) is 1. The lowest BCUT2D eigenvalue weighted by Crippen LogP contribution is -2.22. The van der Waals surface area contributed by atoms with Crippen molar-refractivity contribution < 1.29 is 14.6 Å². The zero-order chi connectivity index (χ0) is 11.5. The predicted octanol–water partition coefficient (Wildman–Crippen LogP) is -0.0220. The number of rotatable bonds is 3. The number of ether oxygens (including phenoxy) is 1. The first kappa shape index (κ1) is 10.8. The van der Waals surface area contributed by atoms with Crippen LogP contribution in [-0.4, -0.2) is 33.8 Å². The van der Waals surface area contributed by atoms with Crippen LogP contribution in [0.3, 0.4) is 0 Å². The van der Waals surface area contributed by atoms with E-state index < -0.39 is 11.5 Å². The number of carbonyl (C=O) groups is 1. The second-order valence-corrected chi connectivity index (χ2v) is 3.82. The number of carboxylic acid groups (broad SMARTS) is 1. The van der Waals surface area contributed by atoms with Crippen LogP contribution in [0.1, 0.15) is 16.8 Å². The average Bonchev–Trinajstić information content (AvgIpc) is 2.73. The molecule has 2 rings (SSSR count). The molecule has 0 saturated carbocycles. The van der Waals surface area contributed by atoms with Crippen LogP contribution in [0.4, 0.5) is 0 Å². The van der Waals surface area contributed by atoms with Crippen LogP contribution in [0.15, 0.2) is 17.3 Å². The molecule has 1 aliphatic heterocycles. The zero-order valence-corrected chi connectivity index (χ0v) is 8.63. The highest BCUT2D eigenvalue weighted by Gasteiger charge is 2.17. The zero-order valence-electron chi connectivity index (χ0n) is 8.63. The van der Waals surface area contributed by atoms with Gasteiger partial charge in [0.15, 0.2) is 0 Å². The summed E-state index contributed by atoms with van der Waals surface area (Å²) in [4.78, 5) is 25.4. The molecule has 0 aliphatic carbocycles. The van der Waals surface area contributed by atoms with E-state index in [1.54, 1.807) is 4.57 Å². The lowest BCUT2D eigenvalue weighted by molar-refractivity contribution is 0.0693. The molecule has 1 saturated heterocycles. The Labute approximate surface area is 91.5 Å².